The molecule has 0 radical (unpaired) electrons. The molecule has 0 heterocycles. The first-order valence-electron chi connectivity index (χ1n) is 6.62. The summed E-state index contributed by atoms with van der Waals surface area (Å²) in [5.41, 5.74) is 4.53. The Morgan fingerprint density at radius 1 is 0.857 bits per heavy atom. The standard InChI is InChI=1S/C12H20N2O2.C3H5NO/c1-5-11(15)13(7-3)9-10-14(8-4)12(16)6-2;1-2-3(4)5/h5-6H,1-2,7-10H2,3-4H3;2H,1H2,(H2,4,5). The molecule has 0 aromatic heterocycles. The van der Waals surface area contributed by atoms with Crippen LogP contribution in [0.4, 0.5) is 0 Å². The number of hydrogen-bond acceptors (Lipinski definition) is 3. The zero-order chi connectivity index (χ0) is 16.8. The summed E-state index contributed by atoms with van der Waals surface area (Å²) >= 11 is 0. The number of carbonyl (C=O) groups is 3. The maximum Gasteiger partial charge on any atom is 0.246 e. The van der Waals surface area contributed by atoms with Crippen molar-refractivity contribution in [1.29, 1.82) is 0 Å². The van der Waals surface area contributed by atoms with Gasteiger partial charge in [0.25, 0.3) is 0 Å². The SMILES string of the molecule is C=CC(=O)N(CC)CCN(CC)C(=O)C=C.C=CC(N)=O. The average molecular weight is 295 g/mol. The highest BCUT2D eigenvalue weighted by Crippen LogP contribution is 1.95. The van der Waals surface area contributed by atoms with E-state index >= 15 is 0 Å². The predicted octanol–water partition coefficient (Wildman–Crippen LogP) is 0.713. The molecule has 0 saturated heterocycles. The summed E-state index contributed by atoms with van der Waals surface area (Å²) in [5.74, 6) is -0.695. The Labute approximate surface area is 126 Å². The number of likely N-dealkylation sites (N-methyl/N-ethyl adjacent to an activating group) is 2. The van der Waals surface area contributed by atoms with Crippen LogP contribution >= 0.6 is 0 Å². The van der Waals surface area contributed by atoms with Gasteiger partial charge in [-0.3, -0.25) is 14.4 Å². The van der Waals surface area contributed by atoms with Crippen LogP contribution in [0.2, 0.25) is 0 Å². The number of carbonyl (C=O) groups excluding carboxylic acids is 3. The molecule has 0 aliphatic heterocycles. The third-order valence-corrected chi connectivity index (χ3v) is 2.58. The molecule has 0 aromatic carbocycles. The first-order valence-corrected chi connectivity index (χ1v) is 6.62. The van der Waals surface area contributed by atoms with Gasteiger partial charge in [-0.15, -0.1) is 0 Å². The summed E-state index contributed by atoms with van der Waals surface area (Å²) in [6, 6.07) is 0. The van der Waals surface area contributed by atoms with Crippen molar-refractivity contribution in [2.45, 2.75) is 13.8 Å². The number of amides is 3. The van der Waals surface area contributed by atoms with E-state index in [2.05, 4.69) is 25.5 Å². The summed E-state index contributed by atoms with van der Waals surface area (Å²) in [4.78, 5) is 35.5. The van der Waals surface area contributed by atoms with Crippen molar-refractivity contribution in [3.05, 3.63) is 38.0 Å². The lowest BCUT2D eigenvalue weighted by Crippen LogP contribution is -2.39. The van der Waals surface area contributed by atoms with Crippen LogP contribution in [-0.4, -0.2) is 53.7 Å². The van der Waals surface area contributed by atoms with Crippen LogP contribution in [0.1, 0.15) is 13.8 Å². The molecule has 0 unspecified atom stereocenters. The maximum atomic E-state index is 11.4. The lowest BCUT2D eigenvalue weighted by molar-refractivity contribution is -0.129. The number of primary amides is 1. The van der Waals surface area contributed by atoms with Gasteiger partial charge in [-0.2, -0.15) is 0 Å². The zero-order valence-electron chi connectivity index (χ0n) is 12.9. The van der Waals surface area contributed by atoms with Crippen LogP contribution in [0.5, 0.6) is 0 Å². The van der Waals surface area contributed by atoms with E-state index in [1.54, 1.807) is 9.80 Å². The maximum absolute atomic E-state index is 11.4. The van der Waals surface area contributed by atoms with Crippen molar-refractivity contribution >= 4 is 17.7 Å². The summed E-state index contributed by atoms with van der Waals surface area (Å²) in [6.45, 7) is 16.0. The van der Waals surface area contributed by atoms with E-state index in [1.807, 2.05) is 13.8 Å². The van der Waals surface area contributed by atoms with Crippen LogP contribution in [-0.2, 0) is 14.4 Å². The molecular weight excluding hydrogens is 270 g/mol. The van der Waals surface area contributed by atoms with Crippen molar-refractivity contribution in [3.63, 3.8) is 0 Å². The third-order valence-electron chi connectivity index (χ3n) is 2.58. The van der Waals surface area contributed by atoms with Crippen LogP contribution in [0.15, 0.2) is 38.0 Å². The van der Waals surface area contributed by atoms with Crippen LogP contribution in [0.3, 0.4) is 0 Å². The fourth-order valence-electron chi connectivity index (χ4n) is 1.35. The van der Waals surface area contributed by atoms with Gasteiger partial charge in [0.2, 0.25) is 17.7 Å². The quantitative estimate of drug-likeness (QED) is 0.669. The van der Waals surface area contributed by atoms with Gasteiger partial charge in [-0.1, -0.05) is 19.7 Å². The average Bonchev–Trinajstić information content (AvgIpc) is 2.50. The van der Waals surface area contributed by atoms with Gasteiger partial charge in [0.05, 0.1) is 0 Å². The van der Waals surface area contributed by atoms with Crippen molar-refractivity contribution in [2.24, 2.45) is 5.73 Å². The lowest BCUT2D eigenvalue weighted by atomic mass is 10.4. The van der Waals surface area contributed by atoms with Gasteiger partial charge in [-0.05, 0) is 32.1 Å². The van der Waals surface area contributed by atoms with Crippen molar-refractivity contribution in [3.8, 4) is 0 Å². The highest BCUT2D eigenvalue weighted by atomic mass is 16.2. The topological polar surface area (TPSA) is 83.7 Å². The van der Waals surface area contributed by atoms with E-state index in [1.165, 1.54) is 12.2 Å². The zero-order valence-corrected chi connectivity index (χ0v) is 12.9. The molecule has 0 spiro atoms. The Morgan fingerprint density at radius 3 is 1.29 bits per heavy atom. The molecule has 0 rings (SSSR count). The molecule has 0 fully saturated rings. The number of hydrogen-bond donors (Lipinski definition) is 1. The Balaban J connectivity index is 0. The Morgan fingerprint density at radius 2 is 1.14 bits per heavy atom. The second-order valence-electron chi connectivity index (χ2n) is 3.85. The molecule has 21 heavy (non-hydrogen) atoms. The second kappa shape index (κ2) is 12.7. The van der Waals surface area contributed by atoms with E-state index in [-0.39, 0.29) is 11.8 Å². The Hall–Kier alpha value is -2.37. The number of nitrogens with zero attached hydrogens (tertiary/aromatic N) is 2. The van der Waals surface area contributed by atoms with E-state index in [4.69, 9.17) is 0 Å². The fraction of sp³-hybridized carbons (Fsp3) is 0.400. The van der Waals surface area contributed by atoms with Crippen molar-refractivity contribution in [1.82, 2.24) is 9.80 Å². The minimum absolute atomic E-state index is 0.107. The fourth-order valence-corrected chi connectivity index (χ4v) is 1.35. The van der Waals surface area contributed by atoms with E-state index in [0.717, 1.165) is 6.08 Å². The van der Waals surface area contributed by atoms with E-state index in [0.29, 0.717) is 26.2 Å². The molecule has 6 heteroatoms. The molecule has 118 valence electrons. The molecule has 0 aromatic rings. The molecule has 2 N–H and O–H groups in total. The highest BCUT2D eigenvalue weighted by Gasteiger charge is 2.12. The molecule has 0 bridgehead atoms. The first kappa shape index (κ1) is 20.9. The van der Waals surface area contributed by atoms with Crippen molar-refractivity contribution < 1.29 is 14.4 Å². The third kappa shape index (κ3) is 10.1. The predicted molar refractivity (Wildman–Crippen MR) is 84.3 cm³/mol. The minimum Gasteiger partial charge on any atom is -0.366 e. The molecule has 0 atom stereocenters. The van der Waals surface area contributed by atoms with Gasteiger partial charge in [0, 0.05) is 26.2 Å². The monoisotopic (exact) mass is 295 g/mol. The van der Waals surface area contributed by atoms with Gasteiger partial charge in [-0.25, -0.2) is 0 Å². The summed E-state index contributed by atoms with van der Waals surface area (Å²) in [6.07, 6.45) is 3.63. The highest BCUT2D eigenvalue weighted by molar-refractivity contribution is 5.88. The van der Waals surface area contributed by atoms with Gasteiger partial charge in [0.15, 0.2) is 0 Å². The molecule has 0 saturated carbocycles. The minimum atomic E-state index is -0.481. The molecule has 3 amide bonds. The molecule has 0 aliphatic carbocycles. The molecular formula is C15H25N3O3. The largest absolute Gasteiger partial charge is 0.366 e. The van der Waals surface area contributed by atoms with Crippen LogP contribution < -0.4 is 5.73 Å². The summed E-state index contributed by atoms with van der Waals surface area (Å²) in [5, 5.41) is 0. The molecule has 6 nitrogen and oxygen atoms in total. The van der Waals surface area contributed by atoms with Gasteiger partial charge < -0.3 is 15.5 Å². The van der Waals surface area contributed by atoms with Crippen LogP contribution in [0.25, 0.3) is 0 Å². The van der Waals surface area contributed by atoms with Gasteiger partial charge >= 0.3 is 0 Å². The van der Waals surface area contributed by atoms with Crippen LogP contribution in [0, 0.1) is 0 Å². The summed E-state index contributed by atoms with van der Waals surface area (Å²) < 4.78 is 0. The second-order valence-corrected chi connectivity index (χ2v) is 3.85. The van der Waals surface area contributed by atoms with Gasteiger partial charge in [0.1, 0.15) is 0 Å². The summed E-state index contributed by atoms with van der Waals surface area (Å²) in [7, 11) is 0. The number of nitrogens with two attached hydrogens (primary N) is 1. The number of rotatable bonds is 8. The van der Waals surface area contributed by atoms with E-state index < -0.39 is 5.91 Å². The lowest BCUT2D eigenvalue weighted by Gasteiger charge is -2.24. The Kier molecular flexibility index (Phi) is 12.6. The normalized spacial score (nSPS) is 8.67. The molecule has 0 aliphatic rings. The Bertz CT molecular complexity index is 364. The van der Waals surface area contributed by atoms with Crippen molar-refractivity contribution in [2.75, 3.05) is 26.2 Å². The first-order chi connectivity index (χ1) is 9.87. The smallest absolute Gasteiger partial charge is 0.246 e. The van der Waals surface area contributed by atoms with E-state index in [9.17, 15) is 14.4 Å².